The molecule has 1 amide bonds. The number of hydrogen-bond acceptors (Lipinski definition) is 6. The van der Waals surface area contributed by atoms with Crippen molar-refractivity contribution in [2.24, 2.45) is 0 Å². The lowest BCUT2D eigenvalue weighted by Gasteiger charge is -2.21. The molecule has 0 bridgehead atoms. The average Bonchev–Trinajstić information content (AvgIpc) is 3.27. The molecule has 1 unspecified atom stereocenters. The number of benzene rings is 1. The van der Waals surface area contributed by atoms with Crippen molar-refractivity contribution in [1.29, 1.82) is 0 Å². The van der Waals surface area contributed by atoms with Crippen LogP contribution >= 0.6 is 0 Å². The first-order chi connectivity index (χ1) is 16.0. The third-order valence-electron chi connectivity index (χ3n) is 5.87. The van der Waals surface area contributed by atoms with Gasteiger partial charge in [0.25, 0.3) is 0 Å². The Morgan fingerprint density at radius 2 is 2.09 bits per heavy atom. The average molecular weight is 455 g/mol. The summed E-state index contributed by atoms with van der Waals surface area (Å²) in [6.45, 7) is 5.58. The second kappa shape index (κ2) is 11.4. The number of carbonyl (C=O) groups is 1. The number of ether oxygens (including phenoxy) is 1. The van der Waals surface area contributed by atoms with E-state index in [2.05, 4.69) is 51.9 Å². The SMILES string of the molecule is Cc1ccc(CN2CC[C@@H](Nc3ccc(/C=C(/F)C(=O)NOC4CCCCO4)cn3)C2)cc1. The molecule has 4 rings (SSSR count). The van der Waals surface area contributed by atoms with Crippen LogP contribution in [0.4, 0.5) is 10.2 Å². The number of pyridine rings is 1. The number of likely N-dealkylation sites (tertiary alicyclic amines) is 1. The van der Waals surface area contributed by atoms with Crippen LogP contribution < -0.4 is 10.8 Å². The van der Waals surface area contributed by atoms with E-state index >= 15 is 0 Å². The quantitative estimate of drug-likeness (QED) is 0.465. The molecule has 0 saturated carbocycles. The van der Waals surface area contributed by atoms with E-state index in [0.717, 1.165) is 50.8 Å². The van der Waals surface area contributed by atoms with Gasteiger partial charge in [-0.3, -0.25) is 9.69 Å². The Morgan fingerprint density at radius 1 is 1.24 bits per heavy atom. The summed E-state index contributed by atoms with van der Waals surface area (Å²) in [6.07, 6.45) is 5.78. The second-order valence-electron chi connectivity index (χ2n) is 8.66. The van der Waals surface area contributed by atoms with Crippen molar-refractivity contribution in [2.75, 3.05) is 25.0 Å². The summed E-state index contributed by atoms with van der Waals surface area (Å²) in [6, 6.07) is 12.5. The van der Waals surface area contributed by atoms with Crippen LogP contribution in [0.15, 0.2) is 48.4 Å². The number of hydroxylamine groups is 1. The normalized spacial score (nSPS) is 21.7. The van der Waals surface area contributed by atoms with Crippen LogP contribution in [-0.4, -0.2) is 47.8 Å². The molecular formula is C25H31FN4O3. The van der Waals surface area contributed by atoms with Gasteiger partial charge in [0.05, 0.1) is 0 Å². The predicted octanol–water partition coefficient (Wildman–Crippen LogP) is 3.96. The Hall–Kier alpha value is -2.81. The van der Waals surface area contributed by atoms with Crippen LogP contribution in [0.2, 0.25) is 0 Å². The van der Waals surface area contributed by atoms with E-state index in [0.29, 0.717) is 24.6 Å². The number of nitrogens with one attached hydrogen (secondary N) is 2. The Bertz CT molecular complexity index is 943. The first-order valence-corrected chi connectivity index (χ1v) is 11.5. The van der Waals surface area contributed by atoms with Crippen molar-refractivity contribution in [3.63, 3.8) is 0 Å². The van der Waals surface area contributed by atoms with Crippen LogP contribution in [-0.2, 0) is 20.9 Å². The molecule has 2 saturated heterocycles. The van der Waals surface area contributed by atoms with E-state index in [4.69, 9.17) is 9.57 Å². The molecule has 0 spiro atoms. The second-order valence-corrected chi connectivity index (χ2v) is 8.66. The minimum Gasteiger partial charge on any atom is -0.366 e. The zero-order valence-corrected chi connectivity index (χ0v) is 18.9. The topological polar surface area (TPSA) is 75.7 Å². The number of aryl methyl sites for hydroxylation is 1. The summed E-state index contributed by atoms with van der Waals surface area (Å²) < 4.78 is 19.5. The van der Waals surface area contributed by atoms with Crippen molar-refractivity contribution in [2.45, 2.75) is 51.5 Å². The number of halogens is 1. The van der Waals surface area contributed by atoms with E-state index in [1.807, 2.05) is 0 Å². The number of amides is 1. The monoisotopic (exact) mass is 454 g/mol. The molecule has 0 radical (unpaired) electrons. The van der Waals surface area contributed by atoms with Crippen molar-refractivity contribution >= 4 is 17.8 Å². The fourth-order valence-electron chi connectivity index (χ4n) is 4.01. The molecule has 176 valence electrons. The van der Waals surface area contributed by atoms with Crippen molar-refractivity contribution < 1.29 is 18.8 Å². The molecule has 1 aromatic carbocycles. The lowest BCUT2D eigenvalue weighted by molar-refractivity contribution is -0.199. The highest BCUT2D eigenvalue weighted by atomic mass is 19.1. The van der Waals surface area contributed by atoms with Gasteiger partial charge in [-0.05, 0) is 55.5 Å². The highest BCUT2D eigenvalue weighted by Crippen LogP contribution is 2.18. The summed E-state index contributed by atoms with van der Waals surface area (Å²) in [4.78, 5) is 23.8. The van der Waals surface area contributed by atoms with Gasteiger partial charge in [-0.1, -0.05) is 29.8 Å². The molecule has 0 aliphatic carbocycles. The zero-order valence-electron chi connectivity index (χ0n) is 18.9. The lowest BCUT2D eigenvalue weighted by atomic mass is 10.1. The number of carbonyl (C=O) groups excluding carboxylic acids is 1. The molecule has 2 aromatic rings. The van der Waals surface area contributed by atoms with E-state index in [1.54, 1.807) is 18.3 Å². The highest BCUT2D eigenvalue weighted by Gasteiger charge is 2.22. The van der Waals surface area contributed by atoms with E-state index in [1.165, 1.54) is 11.1 Å². The van der Waals surface area contributed by atoms with Gasteiger partial charge in [0.2, 0.25) is 0 Å². The van der Waals surface area contributed by atoms with Gasteiger partial charge in [-0.25, -0.2) is 19.7 Å². The minimum absolute atomic E-state index is 0.311. The van der Waals surface area contributed by atoms with Gasteiger partial charge in [-0.2, -0.15) is 0 Å². The smallest absolute Gasteiger partial charge is 0.303 e. The van der Waals surface area contributed by atoms with Crippen molar-refractivity contribution in [3.8, 4) is 0 Å². The molecule has 3 heterocycles. The predicted molar refractivity (Wildman–Crippen MR) is 125 cm³/mol. The molecule has 7 nitrogen and oxygen atoms in total. The van der Waals surface area contributed by atoms with Crippen LogP contribution in [0.5, 0.6) is 0 Å². The van der Waals surface area contributed by atoms with Crippen LogP contribution in [0.3, 0.4) is 0 Å². The number of rotatable bonds is 8. The molecule has 2 fully saturated rings. The fourth-order valence-corrected chi connectivity index (χ4v) is 4.01. The standard InChI is InChI=1S/C25H31FN4O3/c1-18-5-7-19(8-6-18)16-30-12-11-21(17-30)28-23-10-9-20(15-27-23)14-22(26)25(31)29-33-24-4-2-3-13-32-24/h5-10,14-15,21,24H,2-4,11-13,16-17H2,1H3,(H,27,28)(H,29,31)/b22-14+/t21-,24?/m1/s1. The van der Waals surface area contributed by atoms with Gasteiger partial charge in [0.15, 0.2) is 12.1 Å². The Morgan fingerprint density at radius 3 is 2.82 bits per heavy atom. The van der Waals surface area contributed by atoms with E-state index in [-0.39, 0.29) is 0 Å². The van der Waals surface area contributed by atoms with Crippen LogP contribution in [0.25, 0.3) is 6.08 Å². The van der Waals surface area contributed by atoms with Gasteiger partial charge >= 0.3 is 5.91 Å². The number of hydrogen-bond donors (Lipinski definition) is 2. The molecule has 1 aromatic heterocycles. The number of nitrogens with zero attached hydrogens (tertiary/aromatic N) is 2. The zero-order chi connectivity index (χ0) is 23.0. The summed E-state index contributed by atoms with van der Waals surface area (Å²) >= 11 is 0. The third kappa shape index (κ3) is 7.08. The number of anilines is 1. The first kappa shape index (κ1) is 23.4. The van der Waals surface area contributed by atoms with Gasteiger partial charge in [-0.15, -0.1) is 0 Å². The largest absolute Gasteiger partial charge is 0.366 e. The summed E-state index contributed by atoms with van der Waals surface area (Å²) in [5.74, 6) is -1.15. The minimum atomic E-state index is -0.948. The maximum Gasteiger partial charge on any atom is 0.303 e. The molecule has 2 atom stereocenters. The summed E-state index contributed by atoms with van der Waals surface area (Å²) in [5, 5.41) is 3.45. The third-order valence-corrected chi connectivity index (χ3v) is 5.87. The Kier molecular flexibility index (Phi) is 8.04. The molecular weight excluding hydrogens is 423 g/mol. The fraction of sp³-hybridized carbons (Fsp3) is 0.440. The molecule has 2 N–H and O–H groups in total. The Balaban J connectivity index is 1.23. The summed E-state index contributed by atoms with van der Waals surface area (Å²) in [7, 11) is 0. The highest BCUT2D eigenvalue weighted by molar-refractivity contribution is 5.94. The summed E-state index contributed by atoms with van der Waals surface area (Å²) in [5.41, 5.74) is 5.19. The van der Waals surface area contributed by atoms with Gasteiger partial charge < -0.3 is 10.1 Å². The van der Waals surface area contributed by atoms with Crippen LogP contribution in [0.1, 0.15) is 42.4 Å². The van der Waals surface area contributed by atoms with Gasteiger partial charge in [0.1, 0.15) is 5.82 Å². The maximum absolute atomic E-state index is 14.2. The molecule has 33 heavy (non-hydrogen) atoms. The van der Waals surface area contributed by atoms with Crippen molar-refractivity contribution in [1.82, 2.24) is 15.4 Å². The maximum atomic E-state index is 14.2. The Labute approximate surface area is 193 Å². The number of aromatic nitrogens is 1. The van der Waals surface area contributed by atoms with Crippen LogP contribution in [0, 0.1) is 6.92 Å². The van der Waals surface area contributed by atoms with E-state index < -0.39 is 18.0 Å². The molecule has 2 aliphatic heterocycles. The van der Waals surface area contributed by atoms with Crippen molar-refractivity contribution in [3.05, 3.63) is 65.1 Å². The molecule has 8 heteroatoms. The lowest BCUT2D eigenvalue weighted by Crippen LogP contribution is -2.33. The molecule has 2 aliphatic rings. The van der Waals surface area contributed by atoms with E-state index in [9.17, 15) is 9.18 Å². The van der Waals surface area contributed by atoms with Gasteiger partial charge in [0, 0.05) is 44.9 Å². The first-order valence-electron chi connectivity index (χ1n) is 11.5.